The van der Waals surface area contributed by atoms with Crippen molar-refractivity contribution in [2.45, 2.75) is 4.90 Å². The highest BCUT2D eigenvalue weighted by Crippen LogP contribution is 2.22. The quantitative estimate of drug-likeness (QED) is 0.463. The zero-order valence-electron chi connectivity index (χ0n) is 14.4. The van der Waals surface area contributed by atoms with E-state index in [9.17, 15) is 26.9 Å². The first kappa shape index (κ1) is 20.1. The summed E-state index contributed by atoms with van der Waals surface area (Å²) in [5.74, 6) is 0. The zero-order valence-corrected chi connectivity index (χ0v) is 16.1. The molecular formula is C14H20N4O7S2. The fourth-order valence-electron chi connectivity index (χ4n) is 2.97. The Morgan fingerprint density at radius 3 is 1.81 bits per heavy atom. The standard InChI is InChI=1S/C14H20N4O7S2/c19-18(20)13-1-3-14(4-2-13)26(21,22)15-5-7-16(8-6-15)27(23,24)17-9-11-25-12-10-17/h1-4H,5-12H2. The van der Waals surface area contributed by atoms with Gasteiger partial charge in [-0.05, 0) is 12.1 Å². The maximum absolute atomic E-state index is 12.7. The summed E-state index contributed by atoms with van der Waals surface area (Å²) in [6.07, 6.45) is 0. The lowest BCUT2D eigenvalue weighted by molar-refractivity contribution is -0.384. The number of benzene rings is 1. The van der Waals surface area contributed by atoms with Gasteiger partial charge in [0, 0.05) is 51.4 Å². The van der Waals surface area contributed by atoms with Crippen LogP contribution in [0.4, 0.5) is 5.69 Å². The van der Waals surface area contributed by atoms with Crippen LogP contribution in [0.15, 0.2) is 29.2 Å². The van der Waals surface area contributed by atoms with Crippen LogP contribution in [-0.4, -0.2) is 87.2 Å². The van der Waals surface area contributed by atoms with Crippen LogP contribution in [0.2, 0.25) is 0 Å². The third-order valence-electron chi connectivity index (χ3n) is 4.51. The molecule has 0 aliphatic carbocycles. The predicted molar refractivity (Wildman–Crippen MR) is 94.7 cm³/mol. The van der Waals surface area contributed by atoms with E-state index in [2.05, 4.69) is 0 Å². The van der Waals surface area contributed by atoms with Crippen LogP contribution in [-0.2, 0) is 25.0 Å². The summed E-state index contributed by atoms with van der Waals surface area (Å²) < 4.78 is 59.6. The number of sulfonamides is 1. The van der Waals surface area contributed by atoms with Crippen LogP contribution in [0.25, 0.3) is 0 Å². The van der Waals surface area contributed by atoms with E-state index in [1.165, 1.54) is 25.0 Å². The van der Waals surface area contributed by atoms with E-state index in [-0.39, 0.29) is 49.9 Å². The van der Waals surface area contributed by atoms with E-state index < -0.39 is 25.2 Å². The van der Waals surface area contributed by atoms with E-state index >= 15 is 0 Å². The molecule has 1 aromatic rings. The molecule has 27 heavy (non-hydrogen) atoms. The van der Waals surface area contributed by atoms with Crippen molar-refractivity contribution in [2.24, 2.45) is 0 Å². The molecule has 2 fully saturated rings. The second-order valence-corrected chi connectivity index (χ2v) is 9.94. The van der Waals surface area contributed by atoms with E-state index in [1.807, 2.05) is 0 Å². The molecule has 0 spiro atoms. The minimum atomic E-state index is -3.84. The number of nitrogens with zero attached hydrogens (tertiary/aromatic N) is 4. The largest absolute Gasteiger partial charge is 0.379 e. The number of nitro benzene ring substituents is 1. The third kappa shape index (κ3) is 4.12. The third-order valence-corrected chi connectivity index (χ3v) is 8.45. The highest BCUT2D eigenvalue weighted by atomic mass is 32.2. The van der Waals surface area contributed by atoms with E-state index in [1.54, 1.807) is 0 Å². The van der Waals surface area contributed by atoms with Crippen LogP contribution in [0.5, 0.6) is 0 Å². The van der Waals surface area contributed by atoms with Crippen molar-refractivity contribution in [1.82, 2.24) is 12.9 Å². The number of ether oxygens (including phenoxy) is 1. The molecule has 150 valence electrons. The summed E-state index contributed by atoms with van der Waals surface area (Å²) in [4.78, 5) is 10.0. The summed E-state index contributed by atoms with van der Waals surface area (Å²) in [7, 11) is -7.49. The van der Waals surface area contributed by atoms with Crippen molar-refractivity contribution in [3.63, 3.8) is 0 Å². The van der Waals surface area contributed by atoms with Crippen LogP contribution in [0.3, 0.4) is 0 Å². The molecule has 0 radical (unpaired) electrons. The van der Waals surface area contributed by atoms with Gasteiger partial charge >= 0.3 is 0 Å². The van der Waals surface area contributed by atoms with Crippen molar-refractivity contribution in [3.8, 4) is 0 Å². The van der Waals surface area contributed by atoms with Crippen molar-refractivity contribution in [1.29, 1.82) is 0 Å². The molecular weight excluding hydrogens is 400 g/mol. The normalized spacial score (nSPS) is 21.2. The molecule has 0 atom stereocenters. The average molecular weight is 420 g/mol. The van der Waals surface area contributed by atoms with Crippen molar-refractivity contribution < 1.29 is 26.5 Å². The first-order chi connectivity index (χ1) is 12.7. The molecule has 2 aliphatic heterocycles. The van der Waals surface area contributed by atoms with Gasteiger partial charge in [-0.2, -0.15) is 21.3 Å². The summed E-state index contributed by atoms with van der Waals surface area (Å²) in [5.41, 5.74) is -0.199. The van der Waals surface area contributed by atoms with Crippen LogP contribution < -0.4 is 0 Å². The molecule has 2 aliphatic rings. The number of piperazine rings is 1. The van der Waals surface area contributed by atoms with Gasteiger partial charge in [-0.25, -0.2) is 8.42 Å². The lowest BCUT2D eigenvalue weighted by atomic mass is 10.3. The summed E-state index contributed by atoms with van der Waals surface area (Å²) in [6.45, 7) is 1.37. The Kier molecular flexibility index (Phi) is 5.79. The molecule has 1 aromatic carbocycles. The van der Waals surface area contributed by atoms with E-state index in [0.717, 1.165) is 12.1 Å². The molecule has 13 heteroatoms. The minimum absolute atomic E-state index is 0.0168. The Morgan fingerprint density at radius 1 is 0.815 bits per heavy atom. The van der Waals surface area contributed by atoms with Crippen molar-refractivity contribution >= 4 is 25.9 Å². The van der Waals surface area contributed by atoms with Crippen molar-refractivity contribution in [2.75, 3.05) is 52.5 Å². The highest BCUT2D eigenvalue weighted by molar-refractivity contribution is 7.89. The SMILES string of the molecule is O=[N+]([O-])c1ccc(S(=O)(=O)N2CCN(S(=O)(=O)N3CCOCC3)CC2)cc1. The number of hydrogen-bond donors (Lipinski definition) is 0. The fourth-order valence-corrected chi connectivity index (χ4v) is 5.95. The molecule has 2 saturated heterocycles. The second kappa shape index (κ2) is 7.77. The van der Waals surface area contributed by atoms with Gasteiger partial charge in [0.25, 0.3) is 15.9 Å². The minimum Gasteiger partial charge on any atom is -0.379 e. The molecule has 2 heterocycles. The van der Waals surface area contributed by atoms with Gasteiger partial charge in [0.1, 0.15) is 0 Å². The van der Waals surface area contributed by atoms with Gasteiger partial charge < -0.3 is 4.74 Å². The number of morpholine rings is 1. The fraction of sp³-hybridized carbons (Fsp3) is 0.571. The molecule has 0 bridgehead atoms. The summed E-state index contributed by atoms with van der Waals surface area (Å²) in [6, 6.07) is 4.63. The monoisotopic (exact) mass is 420 g/mol. The van der Waals surface area contributed by atoms with Gasteiger partial charge in [0.2, 0.25) is 10.0 Å². The first-order valence-corrected chi connectivity index (χ1v) is 11.1. The average Bonchev–Trinajstić information content (AvgIpc) is 2.69. The summed E-state index contributed by atoms with van der Waals surface area (Å²) in [5, 5.41) is 10.7. The summed E-state index contributed by atoms with van der Waals surface area (Å²) >= 11 is 0. The lowest BCUT2D eigenvalue weighted by Crippen LogP contribution is -2.55. The molecule has 0 saturated carbocycles. The Morgan fingerprint density at radius 2 is 1.30 bits per heavy atom. The zero-order chi connectivity index (χ0) is 19.7. The number of rotatable bonds is 5. The predicted octanol–water partition coefficient (Wildman–Crippen LogP) is -0.522. The number of non-ortho nitro benzene ring substituents is 1. The van der Waals surface area contributed by atoms with E-state index in [0.29, 0.717) is 13.2 Å². The Labute approximate surface area is 157 Å². The van der Waals surface area contributed by atoms with E-state index in [4.69, 9.17) is 4.74 Å². The molecule has 11 nitrogen and oxygen atoms in total. The molecule has 0 amide bonds. The number of nitro groups is 1. The molecule has 0 N–H and O–H groups in total. The Hall–Kier alpha value is -1.64. The van der Waals surface area contributed by atoms with Gasteiger partial charge in [-0.15, -0.1) is 0 Å². The highest BCUT2D eigenvalue weighted by Gasteiger charge is 2.36. The van der Waals surface area contributed by atoms with Gasteiger partial charge in [0.05, 0.1) is 23.0 Å². The topological polar surface area (TPSA) is 130 Å². The Bertz CT molecular complexity index is 888. The smallest absolute Gasteiger partial charge is 0.282 e. The van der Waals surface area contributed by atoms with Gasteiger partial charge in [-0.1, -0.05) is 0 Å². The molecule has 0 aromatic heterocycles. The lowest BCUT2D eigenvalue weighted by Gasteiger charge is -2.37. The van der Waals surface area contributed by atoms with Crippen LogP contribution >= 0.6 is 0 Å². The Balaban J connectivity index is 1.68. The maximum Gasteiger partial charge on any atom is 0.282 e. The van der Waals surface area contributed by atoms with Crippen LogP contribution in [0, 0.1) is 10.1 Å². The van der Waals surface area contributed by atoms with Gasteiger partial charge in [0.15, 0.2) is 0 Å². The molecule has 3 rings (SSSR count). The maximum atomic E-state index is 12.7. The molecule has 0 unspecified atom stereocenters. The number of hydrogen-bond acceptors (Lipinski definition) is 7. The second-order valence-electron chi connectivity index (χ2n) is 6.07. The van der Waals surface area contributed by atoms with Gasteiger partial charge in [-0.3, -0.25) is 10.1 Å². The van der Waals surface area contributed by atoms with Crippen molar-refractivity contribution in [3.05, 3.63) is 34.4 Å². The van der Waals surface area contributed by atoms with Crippen LogP contribution in [0.1, 0.15) is 0 Å². The first-order valence-electron chi connectivity index (χ1n) is 8.30.